The molecule has 0 spiro atoms. The second kappa shape index (κ2) is 11.0. The maximum Gasteiger partial charge on any atom is 0.296 e. The van der Waals surface area contributed by atoms with Crippen molar-refractivity contribution in [3.8, 4) is 0 Å². The van der Waals surface area contributed by atoms with Crippen LogP contribution in [0.4, 0.5) is 0 Å². The van der Waals surface area contributed by atoms with E-state index in [0.29, 0.717) is 19.1 Å². The van der Waals surface area contributed by atoms with Crippen molar-refractivity contribution >= 4 is 10.1 Å². The third kappa shape index (κ3) is 7.32. The molecule has 0 radical (unpaired) electrons. The van der Waals surface area contributed by atoms with Crippen molar-refractivity contribution < 1.29 is 27.2 Å². The molecule has 0 amide bonds. The molecular formula is C19H30O6S. The zero-order chi connectivity index (χ0) is 18.8. The first kappa shape index (κ1) is 21.3. The standard InChI is InChI=1S/C13H18O4S.C6H12O2/c1-11-4-6-13(7-5-11)18(14,15)17-10-12-3-2-8-16-9-12;7-4-6-2-1-3-8-5-6/h4-7,12H,2-3,8-10H2,1H3;6-7H,1-5H2. The molecule has 2 atom stereocenters. The highest BCUT2D eigenvalue weighted by atomic mass is 32.2. The third-order valence-electron chi connectivity index (χ3n) is 4.54. The fourth-order valence-corrected chi connectivity index (χ4v) is 3.83. The Morgan fingerprint density at radius 2 is 1.62 bits per heavy atom. The summed E-state index contributed by atoms with van der Waals surface area (Å²) in [6, 6.07) is 6.67. The van der Waals surface area contributed by atoms with E-state index in [2.05, 4.69) is 0 Å². The maximum absolute atomic E-state index is 11.9. The number of aryl methyl sites for hydroxylation is 1. The van der Waals surface area contributed by atoms with Crippen molar-refractivity contribution in [2.45, 2.75) is 37.5 Å². The van der Waals surface area contributed by atoms with Crippen LogP contribution in [0.15, 0.2) is 29.2 Å². The number of hydrogen-bond acceptors (Lipinski definition) is 6. The number of ether oxygens (including phenoxy) is 2. The molecule has 3 rings (SSSR count). The molecule has 6 nitrogen and oxygen atoms in total. The van der Waals surface area contributed by atoms with Gasteiger partial charge < -0.3 is 14.6 Å². The average molecular weight is 387 g/mol. The molecule has 2 fully saturated rings. The Morgan fingerprint density at radius 3 is 2.08 bits per heavy atom. The van der Waals surface area contributed by atoms with E-state index in [1.54, 1.807) is 24.3 Å². The van der Waals surface area contributed by atoms with Gasteiger partial charge in [-0.1, -0.05) is 17.7 Å². The Hall–Kier alpha value is -0.990. The van der Waals surface area contributed by atoms with Gasteiger partial charge in [0.25, 0.3) is 10.1 Å². The summed E-state index contributed by atoms with van der Waals surface area (Å²) in [6.45, 7) is 5.41. The van der Waals surface area contributed by atoms with E-state index in [-0.39, 0.29) is 17.4 Å². The van der Waals surface area contributed by atoms with Crippen molar-refractivity contribution in [2.75, 3.05) is 39.6 Å². The minimum Gasteiger partial charge on any atom is -0.396 e. The smallest absolute Gasteiger partial charge is 0.296 e. The fraction of sp³-hybridized carbons (Fsp3) is 0.684. The quantitative estimate of drug-likeness (QED) is 0.783. The molecule has 0 aromatic heterocycles. The van der Waals surface area contributed by atoms with Gasteiger partial charge in [-0.05, 0) is 44.7 Å². The maximum atomic E-state index is 11.9. The van der Waals surface area contributed by atoms with Gasteiger partial charge in [-0.15, -0.1) is 0 Å². The molecule has 0 bridgehead atoms. The van der Waals surface area contributed by atoms with Crippen molar-refractivity contribution in [3.05, 3.63) is 29.8 Å². The number of hydrogen-bond donors (Lipinski definition) is 1. The molecule has 0 saturated carbocycles. The number of rotatable bonds is 5. The lowest BCUT2D eigenvalue weighted by atomic mass is 10.0. The lowest BCUT2D eigenvalue weighted by Gasteiger charge is -2.21. The number of aliphatic hydroxyl groups excluding tert-OH is 1. The number of benzene rings is 1. The van der Waals surface area contributed by atoms with Crippen LogP contribution in [-0.4, -0.2) is 53.2 Å². The van der Waals surface area contributed by atoms with E-state index < -0.39 is 10.1 Å². The zero-order valence-electron chi connectivity index (χ0n) is 15.4. The van der Waals surface area contributed by atoms with Crippen molar-refractivity contribution in [1.29, 1.82) is 0 Å². The Balaban J connectivity index is 0.000000254. The summed E-state index contributed by atoms with van der Waals surface area (Å²) in [5.41, 5.74) is 1.02. The van der Waals surface area contributed by atoms with Gasteiger partial charge in [-0.2, -0.15) is 8.42 Å². The van der Waals surface area contributed by atoms with E-state index in [4.69, 9.17) is 18.8 Å². The van der Waals surface area contributed by atoms with Crippen LogP contribution < -0.4 is 0 Å². The van der Waals surface area contributed by atoms with Crippen LogP contribution in [0.3, 0.4) is 0 Å². The van der Waals surface area contributed by atoms with Crippen molar-refractivity contribution in [2.24, 2.45) is 11.8 Å². The van der Waals surface area contributed by atoms with E-state index in [1.165, 1.54) is 0 Å². The first-order valence-corrected chi connectivity index (χ1v) is 10.6. The van der Waals surface area contributed by atoms with Gasteiger partial charge in [0, 0.05) is 31.7 Å². The molecule has 2 saturated heterocycles. The topological polar surface area (TPSA) is 82.1 Å². The second-order valence-corrected chi connectivity index (χ2v) is 8.52. The summed E-state index contributed by atoms with van der Waals surface area (Å²) >= 11 is 0. The molecule has 1 N–H and O–H groups in total. The highest BCUT2D eigenvalue weighted by Gasteiger charge is 2.20. The first-order chi connectivity index (χ1) is 12.5. The summed E-state index contributed by atoms with van der Waals surface area (Å²) in [5.74, 6) is 0.600. The molecular weight excluding hydrogens is 356 g/mol. The molecule has 2 aliphatic heterocycles. The summed E-state index contributed by atoms with van der Waals surface area (Å²) < 4.78 is 39.3. The van der Waals surface area contributed by atoms with E-state index >= 15 is 0 Å². The summed E-state index contributed by atoms with van der Waals surface area (Å²) in [4.78, 5) is 0.213. The SMILES string of the molecule is Cc1ccc(S(=O)(=O)OCC2CCCOC2)cc1.OCC1CCCOC1. The Bertz CT molecular complexity index is 601. The molecule has 2 unspecified atom stereocenters. The Labute approximate surface area is 156 Å². The predicted molar refractivity (Wildman–Crippen MR) is 98.5 cm³/mol. The molecule has 1 aromatic rings. The van der Waals surface area contributed by atoms with Gasteiger partial charge >= 0.3 is 0 Å². The number of aliphatic hydroxyl groups is 1. The fourth-order valence-electron chi connectivity index (χ4n) is 2.85. The second-order valence-electron chi connectivity index (χ2n) is 6.90. The van der Waals surface area contributed by atoms with E-state index in [0.717, 1.165) is 51.1 Å². The van der Waals surface area contributed by atoms with Crippen LogP contribution in [0.25, 0.3) is 0 Å². The van der Waals surface area contributed by atoms with Crippen LogP contribution in [0.2, 0.25) is 0 Å². The molecule has 1 aromatic carbocycles. The van der Waals surface area contributed by atoms with Gasteiger partial charge in [-0.25, -0.2) is 0 Å². The van der Waals surface area contributed by atoms with Gasteiger partial charge in [-0.3, -0.25) is 4.18 Å². The van der Waals surface area contributed by atoms with Gasteiger partial charge in [0.15, 0.2) is 0 Å². The normalized spacial score (nSPS) is 23.8. The molecule has 7 heteroatoms. The highest BCUT2D eigenvalue weighted by Crippen LogP contribution is 2.18. The Kier molecular flexibility index (Phi) is 9.01. The summed E-state index contributed by atoms with van der Waals surface area (Å²) in [7, 11) is -3.63. The minimum atomic E-state index is -3.63. The molecule has 2 aliphatic rings. The first-order valence-electron chi connectivity index (χ1n) is 9.23. The molecule has 2 heterocycles. The molecule has 26 heavy (non-hydrogen) atoms. The Morgan fingerprint density at radius 1 is 1.04 bits per heavy atom. The van der Waals surface area contributed by atoms with Gasteiger partial charge in [0.2, 0.25) is 0 Å². The minimum absolute atomic E-state index is 0.180. The van der Waals surface area contributed by atoms with Gasteiger partial charge in [0.05, 0.1) is 24.7 Å². The van der Waals surface area contributed by atoms with Crippen LogP contribution >= 0.6 is 0 Å². The lowest BCUT2D eigenvalue weighted by Crippen LogP contribution is -2.23. The predicted octanol–water partition coefficient (Wildman–Crippen LogP) is 2.53. The molecule has 0 aliphatic carbocycles. The van der Waals surface area contributed by atoms with Crippen LogP contribution in [0, 0.1) is 18.8 Å². The highest BCUT2D eigenvalue weighted by molar-refractivity contribution is 7.86. The summed E-state index contributed by atoms with van der Waals surface area (Å²) in [6.07, 6.45) is 4.18. The lowest BCUT2D eigenvalue weighted by molar-refractivity contribution is 0.0304. The van der Waals surface area contributed by atoms with E-state index in [9.17, 15) is 8.42 Å². The van der Waals surface area contributed by atoms with Crippen LogP contribution in [0.5, 0.6) is 0 Å². The largest absolute Gasteiger partial charge is 0.396 e. The van der Waals surface area contributed by atoms with Crippen molar-refractivity contribution in [3.63, 3.8) is 0 Å². The zero-order valence-corrected chi connectivity index (χ0v) is 16.2. The van der Waals surface area contributed by atoms with Crippen LogP contribution in [0.1, 0.15) is 31.2 Å². The van der Waals surface area contributed by atoms with Crippen molar-refractivity contribution in [1.82, 2.24) is 0 Å². The molecule has 148 valence electrons. The summed E-state index contributed by atoms with van der Waals surface area (Å²) in [5, 5.41) is 8.61. The van der Waals surface area contributed by atoms with Crippen LogP contribution in [-0.2, 0) is 23.8 Å². The monoisotopic (exact) mass is 386 g/mol. The average Bonchev–Trinajstić information content (AvgIpc) is 2.69. The van der Waals surface area contributed by atoms with Gasteiger partial charge in [0.1, 0.15) is 0 Å². The van der Waals surface area contributed by atoms with E-state index in [1.807, 2.05) is 6.92 Å². The third-order valence-corrected chi connectivity index (χ3v) is 5.83.